The van der Waals surface area contributed by atoms with Crippen LogP contribution in [0.25, 0.3) is 234 Å². The molecular weight excluding hydrogens is 1680 g/mol. The molecule has 12 heteroatoms. The lowest BCUT2D eigenvalue weighted by Gasteiger charge is -2.12. The van der Waals surface area contributed by atoms with E-state index in [4.69, 9.17) is 29.9 Å². The van der Waals surface area contributed by atoms with Gasteiger partial charge in [-0.25, -0.2) is 29.9 Å². The van der Waals surface area contributed by atoms with Crippen molar-refractivity contribution in [2.45, 2.75) is 0 Å². The molecule has 0 N–H and O–H groups in total. The van der Waals surface area contributed by atoms with Crippen molar-refractivity contribution >= 4 is 33.1 Å². The van der Waals surface area contributed by atoms with Gasteiger partial charge in [-0.2, -0.15) is 0 Å². The number of benzene rings is 15. The van der Waals surface area contributed by atoms with Crippen molar-refractivity contribution in [2.75, 3.05) is 0 Å². The lowest BCUT2D eigenvalue weighted by Crippen LogP contribution is -1.95. The Morgan fingerprint density at radius 3 is 0.442 bits per heavy atom. The molecule has 9 aromatic heterocycles. The predicted molar refractivity (Wildman–Crippen MR) is 563 cm³/mol. The Kier molecular flexibility index (Phi) is 24.2. The maximum atomic E-state index is 5.12. The molecule has 9 heterocycles. The van der Waals surface area contributed by atoms with Gasteiger partial charge in [0.15, 0.2) is 0 Å². The van der Waals surface area contributed by atoms with Crippen LogP contribution in [-0.4, -0.2) is 59.8 Å². The second kappa shape index (κ2) is 39.3. The van der Waals surface area contributed by atoms with Crippen LogP contribution in [0.2, 0.25) is 0 Å². The summed E-state index contributed by atoms with van der Waals surface area (Å²) in [7, 11) is 0. The largest absolute Gasteiger partial charge is 0.265 e. The van der Waals surface area contributed by atoms with Crippen molar-refractivity contribution in [1.82, 2.24) is 59.8 Å². The van der Waals surface area contributed by atoms with E-state index in [9.17, 15) is 0 Å². The van der Waals surface area contributed by atoms with Crippen molar-refractivity contribution < 1.29 is 0 Å². The smallest absolute Gasteiger partial charge is 0.0973 e. The van der Waals surface area contributed by atoms with Gasteiger partial charge in [0.2, 0.25) is 0 Å². The van der Waals surface area contributed by atoms with Crippen molar-refractivity contribution in [1.29, 1.82) is 0 Å². The summed E-state index contributed by atoms with van der Waals surface area (Å²) in [6, 6.07) is 156. The fourth-order valence-electron chi connectivity index (χ4n) is 17.4. The first-order valence-corrected chi connectivity index (χ1v) is 45.9. The highest BCUT2D eigenvalue weighted by atomic mass is 14.9. The SMILES string of the molecule is c1ccc(-c2ccc(-c3ccc(-c4nc5ccccc5nc4-c4ccc(-c5ccc(-c6ccccn6)cc5)cc4)cc3)cc2)nc1.c1ccc2nc(-c3ccc(-c4ccc(-c5ccncc5)cc4)cc3)c(-c3ccc(-c4ccc(-c5ccncc5)cc4)cc3)nc2c1.c1cncc(-c2ccc(-c3ccc(-c4nc5ccccc5nc4-c4ccc(-c5ccc(-c6cccnc6)cc5)cc4)cc3)cc2)c1. The normalized spacial score (nSPS) is 11.0. The highest BCUT2D eigenvalue weighted by Crippen LogP contribution is 2.41. The lowest BCUT2D eigenvalue weighted by molar-refractivity contribution is 1.29. The molecule has 0 fully saturated rings. The van der Waals surface area contributed by atoms with E-state index in [0.29, 0.717) is 0 Å². The molecule has 0 spiro atoms. The van der Waals surface area contributed by atoms with Gasteiger partial charge in [0.25, 0.3) is 0 Å². The summed E-state index contributed by atoms with van der Waals surface area (Å²) in [5.41, 5.74) is 43.8. The van der Waals surface area contributed by atoms with Gasteiger partial charge in [-0.3, -0.25) is 29.9 Å². The number of nitrogens with zero attached hydrogens (tertiary/aromatic N) is 12. The number of pyridine rings is 6. The molecule has 0 atom stereocenters. The molecule has 24 rings (SSSR count). The van der Waals surface area contributed by atoms with Gasteiger partial charge in [-0.1, -0.05) is 352 Å². The monoisotopic (exact) mass is 1760 g/mol. The van der Waals surface area contributed by atoms with E-state index in [-0.39, 0.29) is 0 Å². The topological polar surface area (TPSA) is 155 Å². The molecule has 648 valence electrons. The van der Waals surface area contributed by atoms with E-state index < -0.39 is 0 Å². The van der Waals surface area contributed by atoms with E-state index >= 15 is 0 Å². The fourth-order valence-corrected chi connectivity index (χ4v) is 17.4. The molecule has 0 saturated carbocycles. The maximum Gasteiger partial charge on any atom is 0.0973 e. The van der Waals surface area contributed by atoms with Crippen LogP contribution in [0.3, 0.4) is 0 Å². The van der Waals surface area contributed by atoms with Gasteiger partial charge in [0, 0.05) is 106 Å². The predicted octanol–water partition coefficient (Wildman–Crippen LogP) is 31.3. The summed E-state index contributed by atoms with van der Waals surface area (Å²) in [5.74, 6) is 0. The molecule has 0 unspecified atom stereocenters. The first-order valence-electron chi connectivity index (χ1n) is 45.9. The van der Waals surface area contributed by atoms with Crippen molar-refractivity contribution in [3.8, 4) is 201 Å². The Bertz CT molecular complexity index is 7030. The number of rotatable bonds is 18. The summed E-state index contributed by atoms with van der Waals surface area (Å²) >= 11 is 0. The molecular formula is C126H84N12. The Labute approximate surface area is 799 Å². The van der Waals surface area contributed by atoms with Gasteiger partial charge >= 0.3 is 0 Å². The fraction of sp³-hybridized carbons (Fsp3) is 0. The molecule has 15 aromatic carbocycles. The van der Waals surface area contributed by atoms with Crippen LogP contribution in [0.5, 0.6) is 0 Å². The Balaban J connectivity index is 0.000000119. The highest BCUT2D eigenvalue weighted by molar-refractivity contribution is 5.92. The third-order valence-corrected chi connectivity index (χ3v) is 24.9. The van der Waals surface area contributed by atoms with Crippen LogP contribution in [0.1, 0.15) is 0 Å². The molecule has 0 saturated heterocycles. The van der Waals surface area contributed by atoms with E-state index in [0.717, 1.165) is 212 Å². The van der Waals surface area contributed by atoms with Crippen LogP contribution < -0.4 is 0 Å². The molecule has 12 nitrogen and oxygen atoms in total. The molecule has 0 bridgehead atoms. The van der Waals surface area contributed by atoms with E-state index in [1.807, 2.05) is 195 Å². The number of para-hydroxylation sites is 6. The third-order valence-electron chi connectivity index (χ3n) is 24.9. The molecule has 0 aliphatic carbocycles. The van der Waals surface area contributed by atoms with Crippen LogP contribution in [0, 0.1) is 0 Å². The zero-order valence-corrected chi connectivity index (χ0v) is 74.9. The average Bonchev–Trinajstić information content (AvgIpc) is 0.780. The van der Waals surface area contributed by atoms with E-state index in [1.54, 1.807) is 12.4 Å². The van der Waals surface area contributed by atoms with Crippen LogP contribution >= 0.6 is 0 Å². The minimum atomic E-state index is 0.864. The minimum absolute atomic E-state index is 0.864. The first-order chi connectivity index (χ1) is 68.3. The van der Waals surface area contributed by atoms with Crippen molar-refractivity contribution in [3.63, 3.8) is 0 Å². The average molecular weight is 1770 g/mol. The van der Waals surface area contributed by atoms with Gasteiger partial charge in [0.05, 0.1) is 78.7 Å². The first kappa shape index (κ1) is 84.7. The molecule has 0 aliphatic heterocycles. The standard InChI is InChI=1S/3C42H28N4/c1-2-10-40-39(9-1)45-41(35-23-15-31(16-24-35)29-11-19-33(20-12-29)37-7-3-5-27-43-37)42(46-40)36-25-17-32(18-26-36)30-13-21-34(22-14-30)38-8-4-6-28-44-38;1-2-8-40-39(7-1)45-41(35-21-17-31(18-22-35)29-9-13-33(14-10-29)37-5-3-25-43-27-37)42(46-40)36-23-19-32(20-24-36)30-11-15-34(16-12-30)38-6-4-26-44-28-38;1-2-4-40-39(3-1)45-41(37-17-13-31(14-18-37)29-5-9-33(10-6-29)35-21-25-43-26-22-35)42(46-40)38-19-15-32(16-20-38)30-7-11-34(12-8-30)36-23-27-44-28-24-36/h3*1-28H. The Hall–Kier alpha value is -18.8. The molecule has 0 radical (unpaired) electrons. The summed E-state index contributed by atoms with van der Waals surface area (Å²) in [6.45, 7) is 0. The number of aromatic nitrogens is 12. The zero-order chi connectivity index (χ0) is 92.1. The Morgan fingerprint density at radius 2 is 0.268 bits per heavy atom. The molecule has 0 amide bonds. The summed E-state index contributed by atoms with van der Waals surface area (Å²) in [4.78, 5) is 56.4. The quantitative estimate of drug-likeness (QED) is 0.0803. The number of hydrogen-bond acceptors (Lipinski definition) is 12. The minimum Gasteiger partial charge on any atom is -0.265 e. The van der Waals surface area contributed by atoms with Crippen molar-refractivity contribution in [3.05, 3.63) is 511 Å². The third kappa shape index (κ3) is 18.8. The summed E-state index contributed by atoms with van der Waals surface area (Å²) < 4.78 is 0. The lowest BCUT2D eigenvalue weighted by atomic mass is 9.97. The summed E-state index contributed by atoms with van der Waals surface area (Å²) in [6.07, 6.45) is 18.3. The second-order valence-electron chi connectivity index (χ2n) is 33.5. The second-order valence-corrected chi connectivity index (χ2v) is 33.5. The number of hydrogen-bond donors (Lipinski definition) is 0. The Morgan fingerprint density at radius 1 is 0.101 bits per heavy atom. The summed E-state index contributed by atoms with van der Waals surface area (Å²) in [5, 5.41) is 0. The van der Waals surface area contributed by atoms with E-state index in [2.05, 4.69) is 333 Å². The van der Waals surface area contributed by atoms with Crippen LogP contribution in [0.15, 0.2) is 511 Å². The maximum absolute atomic E-state index is 5.12. The van der Waals surface area contributed by atoms with Crippen LogP contribution in [0.4, 0.5) is 0 Å². The van der Waals surface area contributed by atoms with Gasteiger partial charge in [0.1, 0.15) is 0 Å². The molecule has 0 aliphatic rings. The van der Waals surface area contributed by atoms with E-state index in [1.165, 1.54) is 22.3 Å². The van der Waals surface area contributed by atoms with Crippen molar-refractivity contribution in [2.24, 2.45) is 0 Å². The zero-order valence-electron chi connectivity index (χ0n) is 74.9. The molecule has 24 aromatic rings. The molecule has 138 heavy (non-hydrogen) atoms. The number of fused-ring (bicyclic) bond motifs is 3. The highest BCUT2D eigenvalue weighted by Gasteiger charge is 2.20. The van der Waals surface area contributed by atoms with Gasteiger partial charge < -0.3 is 0 Å². The van der Waals surface area contributed by atoms with Crippen LogP contribution in [-0.2, 0) is 0 Å². The van der Waals surface area contributed by atoms with Gasteiger partial charge in [-0.15, -0.1) is 0 Å². The van der Waals surface area contributed by atoms with Gasteiger partial charge in [-0.05, 0) is 208 Å².